The Kier molecular flexibility index (Phi) is 4.06. The number of rotatable bonds is 1. The van der Waals surface area contributed by atoms with Gasteiger partial charge in [-0.25, -0.2) is 4.79 Å². The molecule has 0 atom stereocenters. The number of carboxylic acid groups (broad SMARTS) is 1. The molecule has 0 aromatic heterocycles. The molecule has 0 fully saturated rings. The summed E-state index contributed by atoms with van der Waals surface area (Å²) in [5, 5.41) is 35.0. The molecule has 1 aromatic rings. The number of aromatic hydroxyl groups is 3. The maximum absolute atomic E-state index is 10.3. The molecule has 0 bridgehead atoms. The van der Waals surface area contributed by atoms with Crippen LogP contribution in [0.1, 0.15) is 11.8 Å². The zero-order valence-corrected chi connectivity index (χ0v) is 8.85. The minimum Gasteiger partial charge on any atom is -1.00 e. The average molecular weight is 194 g/mol. The van der Waals surface area contributed by atoms with Crippen molar-refractivity contribution in [2.75, 3.05) is 0 Å². The first-order valence-corrected chi connectivity index (χ1v) is 3.00. The molecule has 4 N–H and O–H groups in total. The predicted octanol–water partition coefficient (Wildman–Crippen LogP) is -2.38. The number of phenolic OH excluding ortho intramolecular Hbond substituents is 3. The first-order chi connectivity index (χ1) is 5.52. The van der Waals surface area contributed by atoms with Gasteiger partial charge in [-0.15, -0.1) is 0 Å². The van der Waals surface area contributed by atoms with Crippen LogP contribution in [0.2, 0.25) is 0 Å². The Hall–Kier alpha value is -0.910. The molecule has 0 saturated heterocycles. The van der Waals surface area contributed by atoms with E-state index in [1.54, 1.807) is 0 Å². The molecule has 13 heavy (non-hydrogen) atoms. The second-order valence-electron chi connectivity index (χ2n) is 2.17. The van der Waals surface area contributed by atoms with Crippen LogP contribution in [0.5, 0.6) is 17.2 Å². The van der Waals surface area contributed by atoms with E-state index in [0.29, 0.717) is 0 Å². The fourth-order valence-electron chi connectivity index (χ4n) is 0.728. The molecule has 0 spiro atoms. The second-order valence-corrected chi connectivity index (χ2v) is 2.17. The smallest absolute Gasteiger partial charge is 1.00 e. The molecular formula is C7H7NaO5. The van der Waals surface area contributed by atoms with Crippen LogP contribution in [0.25, 0.3) is 0 Å². The van der Waals surface area contributed by atoms with Crippen molar-refractivity contribution in [3.05, 3.63) is 17.7 Å². The predicted molar refractivity (Wildman–Crippen MR) is 39.5 cm³/mol. The summed E-state index contributed by atoms with van der Waals surface area (Å²) in [6.45, 7) is 0. The molecule has 0 heterocycles. The maximum atomic E-state index is 10.3. The van der Waals surface area contributed by atoms with Crippen molar-refractivity contribution < 1.29 is 56.2 Å². The van der Waals surface area contributed by atoms with Gasteiger partial charge in [-0.1, -0.05) is 0 Å². The van der Waals surface area contributed by atoms with Gasteiger partial charge in [-0.2, -0.15) is 0 Å². The van der Waals surface area contributed by atoms with E-state index in [4.69, 9.17) is 20.4 Å². The first-order valence-electron chi connectivity index (χ1n) is 3.00. The Labute approximate surface area is 97.0 Å². The molecule has 1 rings (SSSR count). The van der Waals surface area contributed by atoms with Gasteiger partial charge in [0.1, 0.15) is 0 Å². The van der Waals surface area contributed by atoms with Crippen LogP contribution in [0.3, 0.4) is 0 Å². The van der Waals surface area contributed by atoms with E-state index in [-0.39, 0.29) is 36.5 Å². The van der Waals surface area contributed by atoms with E-state index in [0.717, 1.165) is 12.1 Å². The van der Waals surface area contributed by atoms with E-state index in [2.05, 4.69) is 0 Å². The van der Waals surface area contributed by atoms with E-state index >= 15 is 0 Å². The van der Waals surface area contributed by atoms with Crippen molar-refractivity contribution in [3.8, 4) is 17.2 Å². The summed E-state index contributed by atoms with van der Waals surface area (Å²) in [6, 6.07) is 1.69. The maximum Gasteiger partial charge on any atom is 1.00 e. The number of aromatic carboxylic acids is 1. The van der Waals surface area contributed by atoms with E-state index in [9.17, 15) is 4.79 Å². The van der Waals surface area contributed by atoms with Crippen LogP contribution < -0.4 is 29.6 Å². The minimum absolute atomic E-state index is 0. The number of hydrogen-bond acceptors (Lipinski definition) is 4. The molecule has 0 unspecified atom stereocenters. The fourth-order valence-corrected chi connectivity index (χ4v) is 0.728. The topological polar surface area (TPSA) is 98.0 Å². The molecule has 0 aliphatic heterocycles. The van der Waals surface area contributed by atoms with Crippen molar-refractivity contribution in [1.29, 1.82) is 0 Å². The number of hydrogen-bond donors (Lipinski definition) is 4. The number of carbonyl (C=O) groups is 1. The molecule has 5 nitrogen and oxygen atoms in total. The molecule has 0 saturated carbocycles. The van der Waals surface area contributed by atoms with Crippen molar-refractivity contribution in [2.45, 2.75) is 0 Å². The van der Waals surface area contributed by atoms with Crippen molar-refractivity contribution in [3.63, 3.8) is 0 Å². The molecule has 0 amide bonds. The summed E-state index contributed by atoms with van der Waals surface area (Å²) >= 11 is 0. The summed E-state index contributed by atoms with van der Waals surface area (Å²) < 4.78 is 0. The Morgan fingerprint density at radius 1 is 1.15 bits per heavy atom. The minimum atomic E-state index is -1.29. The Morgan fingerprint density at radius 3 is 1.85 bits per heavy atom. The average Bonchev–Trinajstić information content (AvgIpc) is 1.99. The van der Waals surface area contributed by atoms with Gasteiger partial charge in [0.15, 0.2) is 17.2 Å². The van der Waals surface area contributed by atoms with Gasteiger partial charge < -0.3 is 21.9 Å². The van der Waals surface area contributed by atoms with Crippen LogP contribution in [0, 0.1) is 0 Å². The van der Waals surface area contributed by atoms with Gasteiger partial charge in [0.25, 0.3) is 0 Å². The van der Waals surface area contributed by atoms with E-state index in [1.807, 2.05) is 0 Å². The van der Waals surface area contributed by atoms with E-state index in [1.165, 1.54) is 0 Å². The van der Waals surface area contributed by atoms with Crippen LogP contribution in [-0.2, 0) is 0 Å². The molecular weight excluding hydrogens is 187 g/mol. The molecule has 66 valence electrons. The van der Waals surface area contributed by atoms with Gasteiger partial charge in [0.05, 0.1) is 5.56 Å². The summed E-state index contributed by atoms with van der Waals surface area (Å²) in [5.41, 5.74) is -0.289. The Balaban J connectivity index is 0. The van der Waals surface area contributed by atoms with Crippen molar-refractivity contribution in [1.82, 2.24) is 0 Å². The Morgan fingerprint density at radius 2 is 1.54 bits per heavy atom. The SMILES string of the molecule is O=C(O)c1cc(O)c(O)c(O)c1.[H-].[Na+]. The monoisotopic (exact) mass is 194 g/mol. The number of phenols is 3. The molecule has 1 aromatic carbocycles. The van der Waals surface area contributed by atoms with Crippen LogP contribution in [-0.4, -0.2) is 26.4 Å². The number of carboxylic acids is 1. The molecule has 0 aliphatic carbocycles. The zero-order valence-electron chi connectivity index (χ0n) is 7.85. The standard InChI is InChI=1S/C7H6O5.Na.H/c8-4-1-3(7(11)12)2-5(9)6(4)10;;/h1-2,8-10H,(H,11,12);;/q;+1;-1. The Bertz CT molecular complexity index is 318. The number of benzene rings is 1. The van der Waals surface area contributed by atoms with Gasteiger partial charge in [0.2, 0.25) is 0 Å². The first kappa shape index (κ1) is 12.1. The molecule has 0 aliphatic rings. The van der Waals surface area contributed by atoms with Gasteiger partial charge >= 0.3 is 35.5 Å². The third kappa shape index (κ3) is 2.51. The van der Waals surface area contributed by atoms with Crippen LogP contribution in [0.4, 0.5) is 0 Å². The summed E-state index contributed by atoms with van der Waals surface area (Å²) in [5.74, 6) is -3.33. The summed E-state index contributed by atoms with van der Waals surface area (Å²) in [4.78, 5) is 10.3. The zero-order chi connectivity index (χ0) is 9.30. The summed E-state index contributed by atoms with van der Waals surface area (Å²) in [7, 11) is 0. The van der Waals surface area contributed by atoms with Crippen molar-refractivity contribution >= 4 is 5.97 Å². The molecule has 0 radical (unpaired) electrons. The fraction of sp³-hybridized carbons (Fsp3) is 0. The summed E-state index contributed by atoms with van der Waals surface area (Å²) in [6.07, 6.45) is 0. The normalized spacial score (nSPS) is 8.92. The van der Waals surface area contributed by atoms with Gasteiger partial charge in [-0.3, -0.25) is 0 Å². The second kappa shape index (κ2) is 4.36. The largest absolute Gasteiger partial charge is 1.00 e. The van der Waals surface area contributed by atoms with E-state index < -0.39 is 23.2 Å². The van der Waals surface area contributed by atoms with Crippen molar-refractivity contribution in [2.24, 2.45) is 0 Å². The van der Waals surface area contributed by atoms with Gasteiger partial charge in [-0.05, 0) is 12.1 Å². The molecule has 6 heteroatoms. The third-order valence-corrected chi connectivity index (χ3v) is 1.32. The quantitative estimate of drug-likeness (QED) is 0.295. The third-order valence-electron chi connectivity index (χ3n) is 1.32. The van der Waals surface area contributed by atoms with Gasteiger partial charge in [0, 0.05) is 0 Å². The van der Waals surface area contributed by atoms with Crippen LogP contribution in [0.15, 0.2) is 12.1 Å². The van der Waals surface area contributed by atoms with Crippen LogP contribution >= 0.6 is 0 Å².